The molecule has 1 aliphatic carbocycles. The second kappa shape index (κ2) is 5.25. The summed E-state index contributed by atoms with van der Waals surface area (Å²) >= 11 is 1.63. The Morgan fingerprint density at radius 1 is 1.61 bits per heavy atom. The number of nitrogens with zero attached hydrogens (tertiary/aromatic N) is 1. The van der Waals surface area contributed by atoms with E-state index in [-0.39, 0.29) is 23.7 Å². The third-order valence-electron chi connectivity index (χ3n) is 4.29. The molecule has 2 N–H and O–H groups in total. The summed E-state index contributed by atoms with van der Waals surface area (Å²) in [5.41, 5.74) is 1.54. The summed E-state index contributed by atoms with van der Waals surface area (Å²) in [6.45, 7) is 7.96. The van der Waals surface area contributed by atoms with E-state index in [0.717, 1.165) is 19.6 Å². The maximum Gasteiger partial charge on any atom is 0.0794 e. The average Bonchev–Trinajstić information content (AvgIpc) is 2.86. The van der Waals surface area contributed by atoms with E-state index in [9.17, 15) is 5.11 Å². The van der Waals surface area contributed by atoms with Gasteiger partial charge in [0.15, 0.2) is 0 Å². The second-order valence-electron chi connectivity index (χ2n) is 5.43. The highest BCUT2D eigenvalue weighted by Crippen LogP contribution is 2.51. The third-order valence-corrected chi connectivity index (χ3v) is 5.07. The number of aromatic nitrogens is 1. The van der Waals surface area contributed by atoms with Gasteiger partial charge in [-0.15, -0.1) is 11.3 Å². The summed E-state index contributed by atoms with van der Waals surface area (Å²) in [6.07, 6.45) is 2.96. The Labute approximate surface area is 112 Å². The predicted octanol–water partition coefficient (Wildman–Crippen LogP) is 1.80. The van der Waals surface area contributed by atoms with Crippen LogP contribution in [0.25, 0.3) is 0 Å². The van der Waals surface area contributed by atoms with Crippen LogP contribution in [0.1, 0.15) is 32.1 Å². The van der Waals surface area contributed by atoms with E-state index in [2.05, 4.69) is 24.1 Å². The number of hydrogen-bond acceptors (Lipinski definition) is 5. The number of nitrogens with one attached hydrogen (secondary N) is 1. The zero-order valence-corrected chi connectivity index (χ0v) is 12.1. The Kier molecular flexibility index (Phi) is 4.06. The molecule has 0 radical (unpaired) electrons. The molecule has 0 aromatic carbocycles. The lowest BCUT2D eigenvalue weighted by Gasteiger charge is -2.60. The first-order valence-corrected chi connectivity index (χ1v) is 7.28. The van der Waals surface area contributed by atoms with Gasteiger partial charge in [0.05, 0.1) is 23.8 Å². The van der Waals surface area contributed by atoms with Gasteiger partial charge in [0.25, 0.3) is 0 Å². The van der Waals surface area contributed by atoms with Crippen molar-refractivity contribution in [1.29, 1.82) is 0 Å². The molecule has 1 aromatic rings. The first kappa shape index (κ1) is 13.9. The van der Waals surface area contributed by atoms with Gasteiger partial charge in [0.1, 0.15) is 0 Å². The first-order valence-electron chi connectivity index (χ1n) is 6.40. The SMILES string of the molecule is CCO[C@@H]1C[C@](CO)(NCc2cncs2)C1(C)C. The van der Waals surface area contributed by atoms with E-state index in [4.69, 9.17) is 4.74 Å². The molecule has 1 aromatic heterocycles. The number of thiazole rings is 1. The fourth-order valence-corrected chi connectivity index (χ4v) is 3.22. The maximum atomic E-state index is 9.76. The van der Waals surface area contributed by atoms with Gasteiger partial charge < -0.3 is 15.2 Å². The van der Waals surface area contributed by atoms with Crippen molar-refractivity contribution in [2.45, 2.75) is 45.4 Å². The molecule has 2 atom stereocenters. The Balaban J connectivity index is 2.00. The number of ether oxygens (including phenoxy) is 1. The van der Waals surface area contributed by atoms with Gasteiger partial charge in [0, 0.05) is 29.6 Å². The van der Waals surface area contributed by atoms with Crippen molar-refractivity contribution >= 4 is 11.3 Å². The largest absolute Gasteiger partial charge is 0.394 e. The Morgan fingerprint density at radius 2 is 2.39 bits per heavy atom. The van der Waals surface area contributed by atoms with Crippen LogP contribution in [0.5, 0.6) is 0 Å². The van der Waals surface area contributed by atoms with E-state index in [0.29, 0.717) is 0 Å². The fourth-order valence-electron chi connectivity index (χ4n) is 2.69. The van der Waals surface area contributed by atoms with Gasteiger partial charge in [-0.05, 0) is 13.3 Å². The van der Waals surface area contributed by atoms with E-state index in [1.165, 1.54) is 4.88 Å². The molecule has 0 amide bonds. The molecule has 4 nitrogen and oxygen atoms in total. The van der Waals surface area contributed by atoms with Crippen molar-refractivity contribution in [3.63, 3.8) is 0 Å². The van der Waals surface area contributed by atoms with Crippen LogP contribution in [-0.4, -0.2) is 34.9 Å². The molecule has 0 spiro atoms. The highest BCUT2D eigenvalue weighted by Gasteiger charge is 2.60. The summed E-state index contributed by atoms with van der Waals surface area (Å²) in [6, 6.07) is 0. The summed E-state index contributed by atoms with van der Waals surface area (Å²) in [4.78, 5) is 5.26. The van der Waals surface area contributed by atoms with Crippen molar-refractivity contribution < 1.29 is 9.84 Å². The predicted molar refractivity (Wildman–Crippen MR) is 72.6 cm³/mol. The number of aliphatic hydroxyl groups excluding tert-OH is 1. The molecule has 0 aliphatic heterocycles. The van der Waals surface area contributed by atoms with Crippen molar-refractivity contribution in [3.8, 4) is 0 Å². The first-order chi connectivity index (χ1) is 8.55. The van der Waals surface area contributed by atoms with Gasteiger partial charge in [-0.3, -0.25) is 4.98 Å². The number of aliphatic hydroxyl groups is 1. The molecule has 1 aliphatic rings. The smallest absolute Gasteiger partial charge is 0.0794 e. The Bertz CT molecular complexity index is 380. The van der Waals surface area contributed by atoms with Crippen LogP contribution in [0.3, 0.4) is 0 Å². The molecule has 5 heteroatoms. The average molecular weight is 270 g/mol. The highest BCUT2D eigenvalue weighted by atomic mass is 32.1. The molecule has 1 saturated carbocycles. The minimum absolute atomic E-state index is 0.0531. The summed E-state index contributed by atoms with van der Waals surface area (Å²) in [5.74, 6) is 0. The van der Waals surface area contributed by atoms with Crippen molar-refractivity contribution in [1.82, 2.24) is 10.3 Å². The second-order valence-corrected chi connectivity index (χ2v) is 6.40. The third kappa shape index (κ3) is 2.20. The van der Waals surface area contributed by atoms with Gasteiger partial charge >= 0.3 is 0 Å². The van der Waals surface area contributed by atoms with Crippen molar-refractivity contribution in [2.24, 2.45) is 5.41 Å². The minimum Gasteiger partial charge on any atom is -0.394 e. The van der Waals surface area contributed by atoms with Gasteiger partial charge in [-0.1, -0.05) is 13.8 Å². The van der Waals surface area contributed by atoms with Gasteiger partial charge in [0.2, 0.25) is 0 Å². The molecule has 0 bridgehead atoms. The van der Waals surface area contributed by atoms with Crippen LogP contribution in [0.15, 0.2) is 11.7 Å². The Morgan fingerprint density at radius 3 is 2.89 bits per heavy atom. The van der Waals surface area contributed by atoms with E-state index in [1.807, 2.05) is 18.6 Å². The molecule has 1 heterocycles. The molecular formula is C13H22N2O2S. The standard InChI is InChI=1S/C13H22N2O2S/c1-4-17-11-5-13(8-16,12(11,2)3)15-7-10-6-14-9-18-10/h6,9,11,15-16H,4-5,7-8H2,1-3H3/t11-,13-/m1/s1. The van der Waals surface area contributed by atoms with E-state index in [1.54, 1.807) is 11.3 Å². The van der Waals surface area contributed by atoms with E-state index < -0.39 is 0 Å². The zero-order chi connectivity index (χ0) is 13.2. The lowest BCUT2D eigenvalue weighted by Crippen LogP contribution is -2.73. The van der Waals surface area contributed by atoms with Crippen molar-refractivity contribution in [3.05, 3.63) is 16.6 Å². The monoisotopic (exact) mass is 270 g/mol. The lowest BCUT2D eigenvalue weighted by molar-refractivity contribution is -0.177. The van der Waals surface area contributed by atoms with Crippen LogP contribution in [-0.2, 0) is 11.3 Å². The van der Waals surface area contributed by atoms with E-state index >= 15 is 0 Å². The molecule has 0 unspecified atom stereocenters. The Hall–Kier alpha value is -0.490. The summed E-state index contributed by atoms with van der Waals surface area (Å²) in [5, 5.41) is 13.3. The minimum atomic E-state index is -0.239. The summed E-state index contributed by atoms with van der Waals surface area (Å²) in [7, 11) is 0. The van der Waals surface area contributed by atoms with Crippen LogP contribution in [0.4, 0.5) is 0 Å². The number of rotatable bonds is 6. The molecule has 1 fully saturated rings. The van der Waals surface area contributed by atoms with Crippen LogP contribution in [0, 0.1) is 5.41 Å². The molecule has 102 valence electrons. The van der Waals surface area contributed by atoms with Gasteiger partial charge in [-0.2, -0.15) is 0 Å². The molecule has 18 heavy (non-hydrogen) atoms. The fraction of sp³-hybridized carbons (Fsp3) is 0.769. The topological polar surface area (TPSA) is 54.4 Å². The van der Waals surface area contributed by atoms with Crippen molar-refractivity contribution in [2.75, 3.05) is 13.2 Å². The molecule has 2 rings (SSSR count). The maximum absolute atomic E-state index is 9.76. The summed E-state index contributed by atoms with van der Waals surface area (Å²) < 4.78 is 5.73. The normalized spacial score (nSPS) is 30.1. The van der Waals surface area contributed by atoms with Crippen LogP contribution >= 0.6 is 11.3 Å². The molecular weight excluding hydrogens is 248 g/mol. The quantitative estimate of drug-likeness (QED) is 0.827. The zero-order valence-electron chi connectivity index (χ0n) is 11.3. The van der Waals surface area contributed by atoms with Gasteiger partial charge in [-0.25, -0.2) is 0 Å². The van der Waals surface area contributed by atoms with Crippen LogP contribution < -0.4 is 5.32 Å². The highest BCUT2D eigenvalue weighted by molar-refractivity contribution is 7.09. The van der Waals surface area contributed by atoms with Crippen LogP contribution in [0.2, 0.25) is 0 Å². The molecule has 0 saturated heterocycles. The lowest BCUT2D eigenvalue weighted by atomic mass is 9.54. The number of hydrogen-bond donors (Lipinski definition) is 2.